The second-order valence-electron chi connectivity index (χ2n) is 3.61. The molecule has 0 bridgehead atoms. The molecule has 82 valence electrons. The van der Waals surface area contributed by atoms with Crippen LogP contribution in [-0.4, -0.2) is 11.1 Å². The molecular weight excluding hydrogens is 202 g/mol. The molecule has 0 aliphatic heterocycles. The van der Waals surface area contributed by atoms with Crippen molar-refractivity contribution in [1.82, 2.24) is 0 Å². The van der Waals surface area contributed by atoms with Gasteiger partial charge in [-0.3, -0.25) is 0 Å². The van der Waals surface area contributed by atoms with Gasteiger partial charge in [0, 0.05) is 5.70 Å². The van der Waals surface area contributed by atoms with E-state index in [1.165, 1.54) is 0 Å². The van der Waals surface area contributed by atoms with Crippen molar-refractivity contribution in [1.29, 1.82) is 0 Å². The Labute approximate surface area is 94.1 Å². The fourth-order valence-corrected chi connectivity index (χ4v) is 1.64. The van der Waals surface area contributed by atoms with Gasteiger partial charge in [0.05, 0.1) is 11.3 Å². The Balaban J connectivity index is 2.24. The molecule has 0 amide bonds. The van der Waals surface area contributed by atoms with E-state index in [9.17, 15) is 4.79 Å². The fraction of sp³-hybridized carbons (Fsp3) is 0.154. The van der Waals surface area contributed by atoms with Crippen LogP contribution in [0.5, 0.6) is 0 Å². The number of nitrogens with one attached hydrogen (secondary N) is 1. The van der Waals surface area contributed by atoms with E-state index in [-0.39, 0.29) is 0 Å². The zero-order valence-corrected chi connectivity index (χ0v) is 8.81. The van der Waals surface area contributed by atoms with E-state index in [2.05, 4.69) is 17.5 Å². The number of anilines is 1. The summed E-state index contributed by atoms with van der Waals surface area (Å²) in [5, 5.41) is 12.1. The number of carboxylic acids is 1. The third-order valence-corrected chi connectivity index (χ3v) is 2.43. The number of benzene rings is 1. The first kappa shape index (κ1) is 10.5. The summed E-state index contributed by atoms with van der Waals surface area (Å²) in [7, 11) is 0. The van der Waals surface area contributed by atoms with Gasteiger partial charge in [-0.25, -0.2) is 4.79 Å². The average Bonchev–Trinajstić information content (AvgIpc) is 2.31. The van der Waals surface area contributed by atoms with Crippen molar-refractivity contribution < 1.29 is 9.90 Å². The summed E-state index contributed by atoms with van der Waals surface area (Å²) in [5.41, 5.74) is 1.88. The number of hydrogen-bond acceptors (Lipinski definition) is 2. The molecule has 0 saturated heterocycles. The van der Waals surface area contributed by atoms with Crippen molar-refractivity contribution in [2.24, 2.45) is 0 Å². The van der Waals surface area contributed by atoms with Gasteiger partial charge in [0.15, 0.2) is 0 Å². The summed E-state index contributed by atoms with van der Waals surface area (Å²) >= 11 is 0. The second kappa shape index (κ2) is 4.66. The zero-order valence-electron chi connectivity index (χ0n) is 8.81. The molecule has 2 N–H and O–H groups in total. The van der Waals surface area contributed by atoms with E-state index in [1.807, 2.05) is 12.1 Å². The van der Waals surface area contributed by atoms with Crippen LogP contribution in [0, 0.1) is 0 Å². The first-order valence-corrected chi connectivity index (χ1v) is 5.23. The predicted octanol–water partition coefficient (Wildman–Crippen LogP) is 3.03. The lowest BCUT2D eigenvalue weighted by atomic mass is 10.1. The molecule has 1 aromatic carbocycles. The molecular formula is C13H13NO2. The van der Waals surface area contributed by atoms with E-state index < -0.39 is 5.97 Å². The lowest BCUT2D eigenvalue weighted by molar-refractivity contribution is 0.0698. The summed E-state index contributed by atoms with van der Waals surface area (Å²) < 4.78 is 0. The van der Waals surface area contributed by atoms with Crippen LogP contribution < -0.4 is 5.32 Å². The minimum atomic E-state index is -0.913. The second-order valence-corrected chi connectivity index (χ2v) is 3.61. The molecule has 1 aliphatic carbocycles. The molecule has 0 fully saturated rings. The van der Waals surface area contributed by atoms with Crippen molar-refractivity contribution in [3.63, 3.8) is 0 Å². The molecule has 2 rings (SSSR count). The van der Waals surface area contributed by atoms with E-state index in [4.69, 9.17) is 5.11 Å². The number of hydrogen-bond donors (Lipinski definition) is 2. The highest BCUT2D eigenvalue weighted by atomic mass is 16.4. The largest absolute Gasteiger partial charge is 0.478 e. The molecule has 1 aromatic rings. The minimum absolute atomic E-state index is 0.294. The number of allylic oxidation sites excluding steroid dienone is 3. The number of aromatic carboxylic acids is 1. The normalized spacial score (nSPS) is 14.4. The Morgan fingerprint density at radius 1 is 1.25 bits per heavy atom. The maximum Gasteiger partial charge on any atom is 0.337 e. The van der Waals surface area contributed by atoms with Gasteiger partial charge < -0.3 is 10.4 Å². The number of carboxylic acid groups (broad SMARTS) is 1. The third kappa shape index (κ3) is 2.31. The van der Waals surface area contributed by atoms with Crippen LogP contribution in [-0.2, 0) is 0 Å². The monoisotopic (exact) mass is 215 g/mol. The van der Waals surface area contributed by atoms with Crippen LogP contribution >= 0.6 is 0 Å². The summed E-state index contributed by atoms with van der Waals surface area (Å²) in [6.45, 7) is 0. The molecule has 0 radical (unpaired) electrons. The van der Waals surface area contributed by atoms with Crippen LogP contribution in [0.25, 0.3) is 0 Å². The van der Waals surface area contributed by atoms with Gasteiger partial charge in [-0.1, -0.05) is 24.3 Å². The van der Waals surface area contributed by atoms with Gasteiger partial charge in [-0.05, 0) is 31.1 Å². The Morgan fingerprint density at radius 3 is 2.75 bits per heavy atom. The third-order valence-electron chi connectivity index (χ3n) is 2.43. The lowest BCUT2D eigenvalue weighted by Gasteiger charge is -2.12. The van der Waals surface area contributed by atoms with Gasteiger partial charge in [-0.2, -0.15) is 0 Å². The van der Waals surface area contributed by atoms with Crippen molar-refractivity contribution in [2.45, 2.75) is 12.8 Å². The molecule has 0 unspecified atom stereocenters. The number of rotatable bonds is 3. The van der Waals surface area contributed by atoms with Gasteiger partial charge in [0.1, 0.15) is 0 Å². The standard InChI is InChI=1S/C13H13NO2/c15-13(16)11-8-4-5-9-12(11)14-10-6-2-1-3-7-10/h2,4-9,14H,1,3H2,(H,15,16). The topological polar surface area (TPSA) is 49.3 Å². The molecule has 0 spiro atoms. The van der Waals surface area contributed by atoms with E-state index >= 15 is 0 Å². The molecule has 0 heterocycles. The Kier molecular flexibility index (Phi) is 3.05. The van der Waals surface area contributed by atoms with Crippen LogP contribution in [0.3, 0.4) is 0 Å². The smallest absolute Gasteiger partial charge is 0.337 e. The SMILES string of the molecule is O=C(O)c1ccccc1NC1=CCCC=C1. The van der Waals surface area contributed by atoms with E-state index in [1.54, 1.807) is 18.2 Å². The Hall–Kier alpha value is -2.03. The highest BCUT2D eigenvalue weighted by molar-refractivity contribution is 5.94. The van der Waals surface area contributed by atoms with Gasteiger partial charge >= 0.3 is 5.97 Å². The summed E-state index contributed by atoms with van der Waals surface area (Å²) in [4.78, 5) is 11.0. The summed E-state index contributed by atoms with van der Waals surface area (Å²) in [5.74, 6) is -0.913. The minimum Gasteiger partial charge on any atom is -0.478 e. The fourth-order valence-electron chi connectivity index (χ4n) is 1.64. The Morgan fingerprint density at radius 2 is 2.06 bits per heavy atom. The molecule has 0 saturated carbocycles. The highest BCUT2D eigenvalue weighted by Crippen LogP contribution is 2.19. The molecule has 3 heteroatoms. The average molecular weight is 215 g/mol. The van der Waals surface area contributed by atoms with Crippen molar-refractivity contribution >= 4 is 11.7 Å². The molecule has 1 aliphatic rings. The quantitative estimate of drug-likeness (QED) is 0.814. The molecule has 3 nitrogen and oxygen atoms in total. The van der Waals surface area contributed by atoms with Crippen LogP contribution in [0.15, 0.2) is 48.2 Å². The van der Waals surface area contributed by atoms with Crippen molar-refractivity contribution in [2.75, 3.05) is 5.32 Å². The van der Waals surface area contributed by atoms with Gasteiger partial charge in [-0.15, -0.1) is 0 Å². The Bertz CT molecular complexity index is 461. The maximum absolute atomic E-state index is 11.0. The first-order chi connectivity index (χ1) is 7.77. The van der Waals surface area contributed by atoms with Crippen LogP contribution in [0.2, 0.25) is 0 Å². The molecule has 0 aromatic heterocycles. The zero-order chi connectivity index (χ0) is 11.4. The number of para-hydroxylation sites is 1. The van der Waals surface area contributed by atoms with E-state index in [0.717, 1.165) is 18.5 Å². The van der Waals surface area contributed by atoms with Gasteiger partial charge in [0.25, 0.3) is 0 Å². The van der Waals surface area contributed by atoms with Crippen molar-refractivity contribution in [3.05, 3.63) is 53.8 Å². The summed E-state index contributed by atoms with van der Waals surface area (Å²) in [6.07, 6.45) is 8.16. The lowest BCUT2D eigenvalue weighted by Crippen LogP contribution is -2.05. The maximum atomic E-state index is 11.0. The highest BCUT2D eigenvalue weighted by Gasteiger charge is 2.09. The van der Waals surface area contributed by atoms with Crippen molar-refractivity contribution in [3.8, 4) is 0 Å². The summed E-state index contributed by atoms with van der Waals surface area (Å²) in [6, 6.07) is 6.91. The first-order valence-electron chi connectivity index (χ1n) is 5.23. The van der Waals surface area contributed by atoms with E-state index in [0.29, 0.717) is 11.3 Å². The van der Waals surface area contributed by atoms with Crippen LogP contribution in [0.4, 0.5) is 5.69 Å². The predicted molar refractivity (Wildman–Crippen MR) is 63.5 cm³/mol. The molecule has 16 heavy (non-hydrogen) atoms. The molecule has 0 atom stereocenters. The number of carbonyl (C=O) groups is 1. The van der Waals surface area contributed by atoms with Gasteiger partial charge in [0.2, 0.25) is 0 Å². The van der Waals surface area contributed by atoms with Crippen LogP contribution in [0.1, 0.15) is 23.2 Å².